The summed E-state index contributed by atoms with van der Waals surface area (Å²) in [5, 5.41) is 0.940. The van der Waals surface area contributed by atoms with Gasteiger partial charge in [-0.2, -0.15) is 0 Å². The van der Waals surface area contributed by atoms with E-state index in [1.807, 2.05) is 25.9 Å². The molecule has 0 aliphatic heterocycles. The Bertz CT molecular complexity index is 1540. The zero-order valence-corrected chi connectivity index (χ0v) is 24.5. The first-order valence-electron chi connectivity index (χ1n) is 11.4. The van der Waals surface area contributed by atoms with E-state index in [0.717, 1.165) is 5.56 Å². The van der Waals surface area contributed by atoms with E-state index < -0.39 is 15.9 Å². The van der Waals surface area contributed by atoms with Gasteiger partial charge >= 0.3 is 0 Å². The molecule has 0 aliphatic rings. The van der Waals surface area contributed by atoms with E-state index in [9.17, 15) is 13.2 Å². The molecule has 0 saturated heterocycles. The van der Waals surface area contributed by atoms with Crippen LogP contribution in [0.5, 0.6) is 5.75 Å². The molecule has 38 heavy (non-hydrogen) atoms. The van der Waals surface area contributed by atoms with E-state index in [0.29, 0.717) is 39.2 Å². The summed E-state index contributed by atoms with van der Waals surface area (Å²) in [6.45, 7) is 2.76. The van der Waals surface area contributed by atoms with Gasteiger partial charge in [0.05, 0.1) is 33.0 Å². The van der Waals surface area contributed by atoms with Crippen molar-refractivity contribution in [1.82, 2.24) is 9.88 Å². The summed E-state index contributed by atoms with van der Waals surface area (Å²) in [4.78, 5) is 22.2. The van der Waals surface area contributed by atoms with Crippen molar-refractivity contribution < 1.29 is 17.9 Å². The third kappa shape index (κ3) is 6.39. The number of hydrogen-bond donors (Lipinski definition) is 1. The van der Waals surface area contributed by atoms with Crippen molar-refractivity contribution in [3.63, 3.8) is 0 Å². The van der Waals surface area contributed by atoms with E-state index in [-0.39, 0.29) is 28.6 Å². The number of hydrogen-bond acceptors (Lipinski definition) is 7. The lowest BCUT2D eigenvalue weighted by Crippen LogP contribution is -2.37. The lowest BCUT2D eigenvalue weighted by atomic mass is 10.1. The second kappa shape index (κ2) is 12.3. The minimum Gasteiger partial charge on any atom is -0.494 e. The van der Waals surface area contributed by atoms with Gasteiger partial charge in [0.1, 0.15) is 11.3 Å². The van der Waals surface area contributed by atoms with Crippen LogP contribution in [0.25, 0.3) is 10.2 Å². The number of fused-ring (bicyclic) bond motifs is 1. The molecule has 0 atom stereocenters. The number of amides is 1. The van der Waals surface area contributed by atoms with Gasteiger partial charge in [0.2, 0.25) is 0 Å². The van der Waals surface area contributed by atoms with E-state index >= 15 is 0 Å². The number of benzene rings is 3. The first kappa shape index (κ1) is 29.7. The molecule has 0 radical (unpaired) electrons. The number of nitrogens with zero attached hydrogens (tertiary/aromatic N) is 3. The molecule has 12 heteroatoms. The van der Waals surface area contributed by atoms with Gasteiger partial charge in [0.15, 0.2) is 5.13 Å². The highest BCUT2D eigenvalue weighted by Crippen LogP contribution is 2.39. The van der Waals surface area contributed by atoms with Crippen molar-refractivity contribution in [2.24, 2.45) is 0 Å². The number of thiazole rings is 1. The standard InChI is InChI=1S/C26H27ClN4O4S2.ClH/c1-17-9-11-18(12-10-17)37(33,34)29-21-8-6-5-7-19(21)25(32)31(16-15-30(2)3)26-28-23-22(35-4)14-13-20(27)24(23)36-26;/h5-14,29H,15-16H2,1-4H3;1H. The first-order valence-corrected chi connectivity index (χ1v) is 14.1. The van der Waals surface area contributed by atoms with Crippen LogP contribution in [0, 0.1) is 6.92 Å². The van der Waals surface area contributed by atoms with E-state index in [2.05, 4.69) is 9.71 Å². The van der Waals surface area contributed by atoms with Gasteiger partial charge in [-0.3, -0.25) is 14.4 Å². The number of methoxy groups -OCH3 is 1. The third-order valence-electron chi connectivity index (χ3n) is 5.65. The number of nitrogens with one attached hydrogen (secondary N) is 1. The molecular formula is C26H28Cl2N4O4S2. The van der Waals surface area contributed by atoms with Crippen molar-refractivity contribution >= 4 is 72.3 Å². The Hall–Kier alpha value is -2.89. The number of likely N-dealkylation sites (N-methyl/N-ethyl adjacent to an activating group) is 1. The molecule has 202 valence electrons. The molecule has 0 fully saturated rings. The minimum atomic E-state index is -3.91. The molecular weight excluding hydrogens is 567 g/mol. The summed E-state index contributed by atoms with van der Waals surface area (Å²) in [5.41, 5.74) is 1.89. The monoisotopic (exact) mass is 594 g/mol. The van der Waals surface area contributed by atoms with Crippen LogP contribution in [0.3, 0.4) is 0 Å². The fraction of sp³-hybridized carbons (Fsp3) is 0.231. The molecule has 0 spiro atoms. The van der Waals surface area contributed by atoms with Crippen molar-refractivity contribution in [3.8, 4) is 5.75 Å². The molecule has 0 bridgehead atoms. The predicted molar refractivity (Wildman–Crippen MR) is 157 cm³/mol. The number of anilines is 2. The quantitative estimate of drug-likeness (QED) is 0.267. The number of carbonyl (C=O) groups excluding carboxylic acids is 1. The fourth-order valence-corrected chi connectivity index (χ4v) is 5.99. The highest BCUT2D eigenvalue weighted by molar-refractivity contribution is 7.92. The summed E-state index contributed by atoms with van der Waals surface area (Å²) in [7, 11) is 1.45. The number of carbonyl (C=O) groups is 1. The number of aryl methyl sites for hydroxylation is 1. The SMILES string of the molecule is COc1ccc(Cl)c2sc(N(CCN(C)C)C(=O)c3ccccc3NS(=O)(=O)c3ccc(C)cc3)nc12.Cl. The maximum Gasteiger partial charge on any atom is 0.262 e. The van der Waals surface area contributed by atoms with Crippen molar-refractivity contribution in [2.75, 3.05) is 43.9 Å². The highest BCUT2D eigenvalue weighted by atomic mass is 35.5. The minimum absolute atomic E-state index is 0. The highest BCUT2D eigenvalue weighted by Gasteiger charge is 2.26. The average Bonchev–Trinajstić information content (AvgIpc) is 3.30. The Kier molecular flexibility index (Phi) is 9.61. The number of halogens is 2. The van der Waals surface area contributed by atoms with Gasteiger partial charge in [-0.15, -0.1) is 12.4 Å². The van der Waals surface area contributed by atoms with Gasteiger partial charge < -0.3 is 9.64 Å². The molecule has 4 aromatic rings. The first-order chi connectivity index (χ1) is 17.6. The molecule has 1 aromatic heterocycles. The number of sulfonamides is 1. The summed E-state index contributed by atoms with van der Waals surface area (Å²) >= 11 is 7.70. The van der Waals surface area contributed by atoms with Crippen LogP contribution in [0.4, 0.5) is 10.8 Å². The Morgan fingerprint density at radius 1 is 1.05 bits per heavy atom. The summed E-state index contributed by atoms with van der Waals surface area (Å²) in [6, 6.07) is 16.5. The number of ether oxygens (including phenoxy) is 1. The fourth-order valence-electron chi connectivity index (χ4n) is 3.63. The van der Waals surface area contributed by atoms with Crippen LogP contribution in [-0.2, 0) is 10.0 Å². The molecule has 3 aromatic carbocycles. The third-order valence-corrected chi connectivity index (χ3v) is 8.57. The second-order valence-electron chi connectivity index (χ2n) is 8.65. The van der Waals surface area contributed by atoms with Crippen LogP contribution in [-0.4, -0.2) is 58.5 Å². The van der Waals surface area contributed by atoms with Crippen LogP contribution < -0.4 is 14.4 Å². The van der Waals surface area contributed by atoms with E-state index in [4.69, 9.17) is 16.3 Å². The van der Waals surface area contributed by atoms with Crippen molar-refractivity contribution in [1.29, 1.82) is 0 Å². The lowest BCUT2D eigenvalue weighted by Gasteiger charge is -2.23. The maximum absolute atomic E-state index is 13.9. The van der Waals surface area contributed by atoms with Crippen LogP contribution >= 0.6 is 35.3 Å². The normalized spacial score (nSPS) is 11.3. The van der Waals surface area contributed by atoms with E-state index in [1.165, 1.54) is 23.5 Å². The van der Waals surface area contributed by atoms with Gasteiger partial charge in [-0.25, -0.2) is 13.4 Å². The Morgan fingerprint density at radius 3 is 2.39 bits per heavy atom. The average molecular weight is 596 g/mol. The Morgan fingerprint density at radius 2 is 1.74 bits per heavy atom. The Balaban J connectivity index is 0.00000400. The van der Waals surface area contributed by atoms with Crippen LogP contribution in [0.15, 0.2) is 65.6 Å². The molecule has 8 nitrogen and oxygen atoms in total. The lowest BCUT2D eigenvalue weighted by molar-refractivity contribution is 0.0986. The molecule has 0 saturated carbocycles. The van der Waals surface area contributed by atoms with Gasteiger partial charge in [0, 0.05) is 13.1 Å². The van der Waals surface area contributed by atoms with Crippen LogP contribution in [0.2, 0.25) is 5.02 Å². The molecule has 0 aliphatic carbocycles. The van der Waals surface area contributed by atoms with E-state index in [1.54, 1.807) is 60.5 Å². The molecule has 4 rings (SSSR count). The Labute approximate surface area is 237 Å². The van der Waals surface area contributed by atoms with Crippen LogP contribution in [0.1, 0.15) is 15.9 Å². The molecule has 1 heterocycles. The number of para-hydroxylation sites is 1. The van der Waals surface area contributed by atoms with Crippen molar-refractivity contribution in [2.45, 2.75) is 11.8 Å². The summed E-state index contributed by atoms with van der Waals surface area (Å²) < 4.78 is 34.9. The number of rotatable bonds is 9. The van der Waals surface area contributed by atoms with Gasteiger partial charge in [0.25, 0.3) is 15.9 Å². The van der Waals surface area contributed by atoms with Gasteiger partial charge in [-0.1, -0.05) is 52.8 Å². The molecule has 0 unspecified atom stereocenters. The maximum atomic E-state index is 13.9. The zero-order valence-electron chi connectivity index (χ0n) is 21.3. The summed E-state index contributed by atoms with van der Waals surface area (Å²) in [5.74, 6) is 0.159. The topological polar surface area (TPSA) is 91.8 Å². The largest absolute Gasteiger partial charge is 0.494 e. The zero-order chi connectivity index (χ0) is 26.7. The number of aromatic nitrogens is 1. The smallest absolute Gasteiger partial charge is 0.262 e. The second-order valence-corrected chi connectivity index (χ2v) is 11.7. The van der Waals surface area contributed by atoms with Crippen molar-refractivity contribution in [3.05, 3.63) is 76.8 Å². The predicted octanol–water partition coefficient (Wildman–Crippen LogP) is 5.70. The van der Waals surface area contributed by atoms with Gasteiger partial charge in [-0.05, 0) is 57.4 Å². The molecule has 1 amide bonds. The summed E-state index contributed by atoms with van der Waals surface area (Å²) in [6.07, 6.45) is 0. The molecule has 1 N–H and O–H groups in total.